The van der Waals surface area contributed by atoms with E-state index < -0.39 is 0 Å². The molecule has 1 amide bonds. The summed E-state index contributed by atoms with van der Waals surface area (Å²) in [6, 6.07) is 7.78. The SMILES string of the molecule is COc1ccc(CCC(=O)N2CCCCCC2c2nc(C)no2)cc1. The van der Waals surface area contributed by atoms with Crippen LogP contribution in [-0.2, 0) is 11.2 Å². The molecule has 25 heavy (non-hydrogen) atoms. The number of nitrogens with zero attached hydrogens (tertiary/aromatic N) is 3. The minimum atomic E-state index is -0.0907. The van der Waals surface area contributed by atoms with Gasteiger partial charge in [0.15, 0.2) is 5.82 Å². The number of methoxy groups -OCH3 is 1. The molecule has 0 saturated carbocycles. The van der Waals surface area contributed by atoms with Crippen molar-refractivity contribution in [3.63, 3.8) is 0 Å². The van der Waals surface area contributed by atoms with Crippen LogP contribution in [0.1, 0.15) is 55.4 Å². The Morgan fingerprint density at radius 2 is 2.08 bits per heavy atom. The molecule has 0 spiro atoms. The molecule has 134 valence electrons. The molecular weight excluding hydrogens is 318 g/mol. The molecule has 0 radical (unpaired) electrons. The zero-order valence-corrected chi connectivity index (χ0v) is 14.9. The van der Waals surface area contributed by atoms with Crippen molar-refractivity contribution in [3.05, 3.63) is 41.5 Å². The average Bonchev–Trinajstić information content (AvgIpc) is 2.92. The van der Waals surface area contributed by atoms with E-state index in [1.54, 1.807) is 14.0 Å². The van der Waals surface area contributed by atoms with Crippen molar-refractivity contribution in [2.24, 2.45) is 0 Å². The molecule has 1 aliphatic rings. The Hall–Kier alpha value is -2.37. The van der Waals surface area contributed by atoms with Gasteiger partial charge in [0, 0.05) is 13.0 Å². The van der Waals surface area contributed by atoms with Gasteiger partial charge in [-0.2, -0.15) is 4.98 Å². The number of carbonyl (C=O) groups excluding carboxylic acids is 1. The van der Waals surface area contributed by atoms with E-state index in [4.69, 9.17) is 9.26 Å². The van der Waals surface area contributed by atoms with E-state index in [1.165, 1.54) is 0 Å². The van der Waals surface area contributed by atoms with Gasteiger partial charge in [0.05, 0.1) is 7.11 Å². The minimum Gasteiger partial charge on any atom is -0.497 e. The van der Waals surface area contributed by atoms with E-state index in [-0.39, 0.29) is 11.9 Å². The highest BCUT2D eigenvalue weighted by Crippen LogP contribution is 2.30. The zero-order valence-electron chi connectivity index (χ0n) is 14.9. The van der Waals surface area contributed by atoms with Gasteiger partial charge < -0.3 is 14.2 Å². The van der Waals surface area contributed by atoms with Crippen LogP contribution < -0.4 is 4.74 Å². The first kappa shape index (κ1) is 17.5. The van der Waals surface area contributed by atoms with Crippen LogP contribution in [0, 0.1) is 6.92 Å². The first-order chi connectivity index (χ1) is 12.2. The number of amides is 1. The second-order valence-electron chi connectivity index (χ2n) is 6.48. The minimum absolute atomic E-state index is 0.0907. The molecule has 1 atom stereocenters. The maximum absolute atomic E-state index is 12.8. The number of rotatable bonds is 5. The smallest absolute Gasteiger partial charge is 0.249 e. The van der Waals surface area contributed by atoms with Gasteiger partial charge in [-0.3, -0.25) is 4.79 Å². The first-order valence-corrected chi connectivity index (χ1v) is 8.90. The van der Waals surface area contributed by atoms with Crippen LogP contribution in [0.25, 0.3) is 0 Å². The topological polar surface area (TPSA) is 68.5 Å². The van der Waals surface area contributed by atoms with Crippen LogP contribution in [0.2, 0.25) is 0 Å². The Morgan fingerprint density at radius 3 is 2.76 bits per heavy atom. The third-order valence-corrected chi connectivity index (χ3v) is 4.69. The van der Waals surface area contributed by atoms with Crippen molar-refractivity contribution in [1.82, 2.24) is 15.0 Å². The molecule has 1 fully saturated rings. The Kier molecular flexibility index (Phi) is 5.68. The summed E-state index contributed by atoms with van der Waals surface area (Å²) in [5, 5.41) is 3.89. The monoisotopic (exact) mass is 343 g/mol. The number of aromatic nitrogens is 2. The molecule has 3 rings (SSSR count). The lowest BCUT2D eigenvalue weighted by atomic mass is 10.1. The van der Waals surface area contributed by atoms with E-state index in [0.29, 0.717) is 18.1 Å². The largest absolute Gasteiger partial charge is 0.497 e. The number of carbonyl (C=O) groups is 1. The van der Waals surface area contributed by atoms with Crippen molar-refractivity contribution < 1.29 is 14.1 Å². The van der Waals surface area contributed by atoms with E-state index in [0.717, 1.165) is 50.0 Å². The Bertz CT molecular complexity index is 696. The second-order valence-corrected chi connectivity index (χ2v) is 6.48. The molecule has 1 aliphatic heterocycles. The quantitative estimate of drug-likeness (QED) is 0.831. The lowest BCUT2D eigenvalue weighted by Crippen LogP contribution is -2.35. The van der Waals surface area contributed by atoms with Crippen LogP contribution in [0.5, 0.6) is 5.75 Å². The van der Waals surface area contributed by atoms with Crippen LogP contribution >= 0.6 is 0 Å². The van der Waals surface area contributed by atoms with Gasteiger partial charge >= 0.3 is 0 Å². The van der Waals surface area contributed by atoms with Gasteiger partial charge in [-0.15, -0.1) is 0 Å². The summed E-state index contributed by atoms with van der Waals surface area (Å²) in [6.45, 7) is 2.56. The number of ether oxygens (including phenoxy) is 1. The van der Waals surface area contributed by atoms with E-state index in [9.17, 15) is 4.79 Å². The van der Waals surface area contributed by atoms with Gasteiger partial charge in [-0.05, 0) is 43.9 Å². The predicted octanol–water partition coefficient (Wildman–Crippen LogP) is 3.46. The molecule has 2 aromatic rings. The van der Waals surface area contributed by atoms with Gasteiger partial charge in [-0.1, -0.05) is 30.1 Å². The maximum atomic E-state index is 12.8. The Balaban J connectivity index is 1.66. The predicted molar refractivity (Wildman–Crippen MR) is 93.3 cm³/mol. The summed E-state index contributed by atoms with van der Waals surface area (Å²) in [7, 11) is 1.65. The van der Waals surface area contributed by atoms with Gasteiger partial charge in [0.25, 0.3) is 0 Å². The number of aryl methyl sites for hydroxylation is 2. The summed E-state index contributed by atoms with van der Waals surface area (Å²) in [5.41, 5.74) is 1.13. The van der Waals surface area contributed by atoms with E-state index >= 15 is 0 Å². The van der Waals surface area contributed by atoms with E-state index in [2.05, 4.69) is 10.1 Å². The standard InChI is InChI=1S/C19H25N3O3/c1-14-20-19(25-21-14)17-6-4-3-5-13-22(17)18(23)12-9-15-7-10-16(24-2)11-8-15/h7-8,10-11,17H,3-6,9,12-13H2,1-2H3. The van der Waals surface area contributed by atoms with Crippen molar-refractivity contribution >= 4 is 5.91 Å². The molecule has 0 N–H and O–H groups in total. The zero-order chi connectivity index (χ0) is 17.6. The van der Waals surface area contributed by atoms with Crippen LogP contribution in [0.3, 0.4) is 0 Å². The normalized spacial score (nSPS) is 18.0. The Morgan fingerprint density at radius 1 is 1.28 bits per heavy atom. The highest BCUT2D eigenvalue weighted by Gasteiger charge is 2.30. The van der Waals surface area contributed by atoms with Crippen molar-refractivity contribution in [3.8, 4) is 5.75 Å². The molecule has 6 nitrogen and oxygen atoms in total. The van der Waals surface area contributed by atoms with Crippen LogP contribution in [0.4, 0.5) is 0 Å². The maximum Gasteiger partial charge on any atom is 0.249 e. The van der Waals surface area contributed by atoms with Crippen molar-refractivity contribution in [2.45, 2.75) is 51.5 Å². The second kappa shape index (κ2) is 8.14. The van der Waals surface area contributed by atoms with Crippen molar-refractivity contribution in [1.29, 1.82) is 0 Å². The molecular formula is C19H25N3O3. The Labute approximate surface area is 148 Å². The lowest BCUT2D eigenvalue weighted by molar-refractivity contribution is -0.134. The molecule has 1 aromatic heterocycles. The van der Waals surface area contributed by atoms with E-state index in [1.807, 2.05) is 29.2 Å². The highest BCUT2D eigenvalue weighted by atomic mass is 16.5. The number of hydrogen-bond donors (Lipinski definition) is 0. The third-order valence-electron chi connectivity index (χ3n) is 4.69. The molecule has 2 heterocycles. The van der Waals surface area contributed by atoms with Gasteiger partial charge in [-0.25, -0.2) is 0 Å². The number of hydrogen-bond acceptors (Lipinski definition) is 5. The summed E-state index contributed by atoms with van der Waals surface area (Å²) in [4.78, 5) is 19.1. The average molecular weight is 343 g/mol. The molecule has 1 unspecified atom stereocenters. The summed E-state index contributed by atoms with van der Waals surface area (Å²) >= 11 is 0. The van der Waals surface area contributed by atoms with Crippen LogP contribution in [0.15, 0.2) is 28.8 Å². The van der Waals surface area contributed by atoms with Crippen molar-refractivity contribution in [2.75, 3.05) is 13.7 Å². The molecule has 1 aromatic carbocycles. The van der Waals surface area contributed by atoms with Gasteiger partial charge in [0.2, 0.25) is 11.8 Å². The molecule has 0 bridgehead atoms. The fourth-order valence-corrected chi connectivity index (χ4v) is 3.30. The summed E-state index contributed by atoms with van der Waals surface area (Å²) in [6.07, 6.45) is 5.32. The van der Waals surface area contributed by atoms with Gasteiger partial charge in [0.1, 0.15) is 11.8 Å². The van der Waals surface area contributed by atoms with Crippen LogP contribution in [-0.4, -0.2) is 34.6 Å². The third kappa shape index (κ3) is 4.38. The molecule has 6 heteroatoms. The summed E-state index contributed by atoms with van der Waals surface area (Å²) in [5.74, 6) is 2.16. The molecule has 1 saturated heterocycles. The fraction of sp³-hybridized carbons (Fsp3) is 0.526. The lowest BCUT2D eigenvalue weighted by Gasteiger charge is -2.27. The number of likely N-dealkylation sites (tertiary alicyclic amines) is 1. The fourth-order valence-electron chi connectivity index (χ4n) is 3.30. The summed E-state index contributed by atoms with van der Waals surface area (Å²) < 4.78 is 10.5. The molecule has 0 aliphatic carbocycles. The number of benzene rings is 1. The first-order valence-electron chi connectivity index (χ1n) is 8.90. The highest BCUT2D eigenvalue weighted by molar-refractivity contribution is 5.77.